The number of nitrogens with one attached hydrogen (secondary N) is 2. The molecule has 0 aliphatic heterocycles. The number of anilines is 1. The van der Waals surface area contributed by atoms with E-state index in [0.29, 0.717) is 27.9 Å². The number of para-hydroxylation sites is 1. The zero-order valence-corrected chi connectivity index (χ0v) is 14.8. The molecule has 0 radical (unpaired) electrons. The van der Waals surface area contributed by atoms with Crippen molar-refractivity contribution in [3.8, 4) is 6.07 Å². The summed E-state index contributed by atoms with van der Waals surface area (Å²) in [6, 6.07) is 21.0. The van der Waals surface area contributed by atoms with Crippen molar-refractivity contribution in [3.05, 3.63) is 101 Å². The van der Waals surface area contributed by atoms with Crippen LogP contribution in [-0.4, -0.2) is 11.8 Å². The second-order valence-electron chi connectivity index (χ2n) is 5.96. The Morgan fingerprint density at radius 3 is 2.14 bits per heavy atom. The molecular weight excluding hydrogens is 357 g/mol. The van der Waals surface area contributed by atoms with Gasteiger partial charge in [0.25, 0.3) is 11.8 Å². The van der Waals surface area contributed by atoms with Gasteiger partial charge in [0.05, 0.1) is 11.3 Å². The van der Waals surface area contributed by atoms with E-state index < -0.39 is 0 Å². The summed E-state index contributed by atoms with van der Waals surface area (Å²) in [7, 11) is 0. The Morgan fingerprint density at radius 2 is 1.46 bits per heavy atom. The summed E-state index contributed by atoms with van der Waals surface area (Å²) in [5.41, 5.74) is 1.87. The standard InChI is InChI=1S/C22H16FN3O2/c23-19-7-3-1-6-18(19)14-25-21(27)15-9-11-16(12-10-15)22(28)26-20-8-4-2-5-17(20)13-24/h1-12H,14H2,(H,25,27)(H,26,28). The van der Waals surface area contributed by atoms with Gasteiger partial charge >= 0.3 is 0 Å². The van der Waals surface area contributed by atoms with Crippen LogP contribution < -0.4 is 10.6 Å². The summed E-state index contributed by atoms with van der Waals surface area (Å²) in [4.78, 5) is 24.6. The highest BCUT2D eigenvalue weighted by atomic mass is 19.1. The van der Waals surface area contributed by atoms with Gasteiger partial charge in [-0.05, 0) is 42.5 Å². The molecule has 3 aromatic carbocycles. The van der Waals surface area contributed by atoms with Crippen LogP contribution in [0.3, 0.4) is 0 Å². The largest absolute Gasteiger partial charge is 0.348 e. The van der Waals surface area contributed by atoms with Crippen molar-refractivity contribution in [2.24, 2.45) is 0 Å². The maximum absolute atomic E-state index is 13.6. The number of carbonyl (C=O) groups excluding carboxylic acids is 2. The Bertz CT molecular complexity index is 1060. The third kappa shape index (κ3) is 4.40. The van der Waals surface area contributed by atoms with Crippen LogP contribution >= 0.6 is 0 Å². The van der Waals surface area contributed by atoms with Crippen LogP contribution in [0.5, 0.6) is 0 Å². The predicted octanol–water partition coefficient (Wildman–Crippen LogP) is 3.88. The number of hydrogen-bond donors (Lipinski definition) is 2. The van der Waals surface area contributed by atoms with Gasteiger partial charge in [-0.15, -0.1) is 0 Å². The van der Waals surface area contributed by atoms with E-state index in [1.807, 2.05) is 6.07 Å². The van der Waals surface area contributed by atoms with E-state index >= 15 is 0 Å². The topological polar surface area (TPSA) is 82.0 Å². The first kappa shape index (κ1) is 18.8. The van der Waals surface area contributed by atoms with Crippen LogP contribution in [0.1, 0.15) is 31.8 Å². The lowest BCUT2D eigenvalue weighted by atomic mass is 10.1. The van der Waals surface area contributed by atoms with Crippen molar-refractivity contribution < 1.29 is 14.0 Å². The minimum atomic E-state index is -0.388. The summed E-state index contributed by atoms with van der Waals surface area (Å²) in [6.07, 6.45) is 0. The van der Waals surface area contributed by atoms with Crippen LogP contribution in [0.25, 0.3) is 0 Å². The van der Waals surface area contributed by atoms with E-state index in [0.717, 1.165) is 0 Å². The lowest BCUT2D eigenvalue weighted by Crippen LogP contribution is -2.23. The molecule has 0 bridgehead atoms. The Kier molecular flexibility index (Phi) is 5.78. The van der Waals surface area contributed by atoms with Gasteiger partial charge in [0, 0.05) is 23.2 Å². The van der Waals surface area contributed by atoms with Crippen LogP contribution in [-0.2, 0) is 6.54 Å². The fraction of sp³-hybridized carbons (Fsp3) is 0.0455. The molecule has 0 fully saturated rings. The molecule has 28 heavy (non-hydrogen) atoms. The van der Waals surface area contributed by atoms with Gasteiger partial charge < -0.3 is 10.6 Å². The van der Waals surface area contributed by atoms with E-state index in [9.17, 15) is 14.0 Å². The molecule has 0 spiro atoms. The number of carbonyl (C=O) groups is 2. The molecule has 3 aromatic rings. The second-order valence-corrected chi connectivity index (χ2v) is 5.96. The zero-order valence-electron chi connectivity index (χ0n) is 14.8. The monoisotopic (exact) mass is 373 g/mol. The average molecular weight is 373 g/mol. The summed E-state index contributed by atoms with van der Waals surface area (Å²) < 4.78 is 13.6. The van der Waals surface area contributed by atoms with E-state index in [2.05, 4.69) is 10.6 Å². The molecule has 6 heteroatoms. The van der Waals surface area contributed by atoms with Crippen LogP contribution in [0.4, 0.5) is 10.1 Å². The summed E-state index contributed by atoms with van der Waals surface area (Å²) in [6.45, 7) is 0.0681. The molecule has 5 nitrogen and oxygen atoms in total. The van der Waals surface area contributed by atoms with Gasteiger partial charge in [-0.1, -0.05) is 30.3 Å². The molecule has 0 unspecified atom stereocenters. The summed E-state index contributed by atoms with van der Waals surface area (Å²) in [5, 5.41) is 14.4. The number of nitriles is 1. The predicted molar refractivity (Wildman–Crippen MR) is 103 cm³/mol. The Morgan fingerprint density at radius 1 is 0.857 bits per heavy atom. The molecule has 2 N–H and O–H groups in total. The first-order valence-electron chi connectivity index (χ1n) is 8.50. The fourth-order valence-electron chi connectivity index (χ4n) is 2.58. The Balaban J connectivity index is 1.64. The maximum atomic E-state index is 13.6. The number of halogens is 1. The van der Waals surface area contributed by atoms with Crippen molar-refractivity contribution in [1.82, 2.24) is 5.32 Å². The van der Waals surface area contributed by atoms with Gasteiger partial charge in [0.1, 0.15) is 11.9 Å². The maximum Gasteiger partial charge on any atom is 0.255 e. The molecule has 0 saturated carbocycles. The highest BCUT2D eigenvalue weighted by Gasteiger charge is 2.11. The average Bonchev–Trinajstić information content (AvgIpc) is 2.73. The van der Waals surface area contributed by atoms with Gasteiger partial charge in [0.15, 0.2) is 0 Å². The molecule has 3 rings (SSSR count). The molecule has 0 atom stereocenters. The normalized spacial score (nSPS) is 10.0. The van der Waals surface area contributed by atoms with Crippen LogP contribution in [0.2, 0.25) is 0 Å². The number of amides is 2. The fourth-order valence-corrected chi connectivity index (χ4v) is 2.58. The van der Waals surface area contributed by atoms with E-state index in [1.165, 1.54) is 30.3 Å². The molecule has 0 heterocycles. The van der Waals surface area contributed by atoms with Gasteiger partial charge in [-0.3, -0.25) is 9.59 Å². The molecule has 0 saturated heterocycles. The molecule has 0 aliphatic carbocycles. The van der Waals surface area contributed by atoms with E-state index in [1.54, 1.807) is 42.5 Å². The van der Waals surface area contributed by atoms with Gasteiger partial charge in [0.2, 0.25) is 0 Å². The van der Waals surface area contributed by atoms with Crippen molar-refractivity contribution in [3.63, 3.8) is 0 Å². The molecule has 138 valence electrons. The number of rotatable bonds is 5. The van der Waals surface area contributed by atoms with Gasteiger partial charge in [-0.2, -0.15) is 5.26 Å². The first-order chi connectivity index (χ1) is 13.6. The van der Waals surface area contributed by atoms with E-state index in [4.69, 9.17) is 5.26 Å². The van der Waals surface area contributed by atoms with Crippen molar-refractivity contribution >= 4 is 17.5 Å². The highest BCUT2D eigenvalue weighted by Crippen LogP contribution is 2.15. The minimum absolute atomic E-state index is 0.0681. The molecular formula is C22H16FN3O2. The summed E-state index contributed by atoms with van der Waals surface area (Å²) >= 11 is 0. The Labute approximate surface area is 161 Å². The quantitative estimate of drug-likeness (QED) is 0.712. The van der Waals surface area contributed by atoms with Crippen LogP contribution in [0.15, 0.2) is 72.8 Å². The minimum Gasteiger partial charge on any atom is -0.348 e. The molecule has 0 aromatic heterocycles. The van der Waals surface area contributed by atoms with Gasteiger partial charge in [-0.25, -0.2) is 4.39 Å². The number of benzene rings is 3. The molecule has 2 amide bonds. The van der Waals surface area contributed by atoms with Crippen molar-refractivity contribution in [2.75, 3.05) is 5.32 Å². The number of nitrogens with zero attached hydrogens (tertiary/aromatic N) is 1. The number of hydrogen-bond acceptors (Lipinski definition) is 3. The smallest absolute Gasteiger partial charge is 0.255 e. The SMILES string of the molecule is N#Cc1ccccc1NC(=O)c1ccc(C(=O)NCc2ccccc2F)cc1. The van der Waals surface area contributed by atoms with E-state index in [-0.39, 0.29) is 24.2 Å². The first-order valence-corrected chi connectivity index (χ1v) is 8.50. The van der Waals surface area contributed by atoms with Crippen LogP contribution in [0, 0.1) is 17.1 Å². The third-order valence-corrected chi connectivity index (χ3v) is 4.10. The molecule has 0 aliphatic rings. The highest BCUT2D eigenvalue weighted by molar-refractivity contribution is 6.05. The summed E-state index contributed by atoms with van der Waals surface area (Å²) in [5.74, 6) is -1.14. The third-order valence-electron chi connectivity index (χ3n) is 4.10. The van der Waals surface area contributed by atoms with Crippen molar-refractivity contribution in [2.45, 2.75) is 6.54 Å². The second kappa shape index (κ2) is 8.60. The lowest BCUT2D eigenvalue weighted by Gasteiger charge is -2.08. The zero-order chi connectivity index (χ0) is 19.9. The Hall–Kier alpha value is -3.98. The van der Waals surface area contributed by atoms with Crippen molar-refractivity contribution in [1.29, 1.82) is 5.26 Å². The lowest BCUT2D eigenvalue weighted by molar-refractivity contribution is 0.0948.